The highest BCUT2D eigenvalue weighted by Gasteiger charge is 2.20. The Morgan fingerprint density at radius 1 is 0.708 bits per heavy atom. The quantitative estimate of drug-likeness (QED) is 0.492. The van der Waals surface area contributed by atoms with E-state index < -0.39 is 0 Å². The molecule has 3 aromatic carbocycles. The Hall–Kier alpha value is -3.40. The average Bonchev–Trinajstić information content (AvgIpc) is 2.94. The van der Waals surface area contributed by atoms with Crippen molar-refractivity contribution >= 4 is 11.0 Å². The van der Waals surface area contributed by atoms with Crippen molar-refractivity contribution in [2.24, 2.45) is 0 Å². The van der Waals surface area contributed by atoms with E-state index in [1.54, 1.807) is 24.3 Å². The van der Waals surface area contributed by atoms with E-state index in [2.05, 4.69) is 0 Å². The molecule has 4 heteroatoms. The van der Waals surface area contributed by atoms with E-state index in [0.717, 1.165) is 10.9 Å². The maximum atomic E-state index is 10.3. The van der Waals surface area contributed by atoms with Crippen LogP contribution >= 0.6 is 0 Å². The number of fused-ring (bicyclic) bond motifs is 1. The highest BCUT2D eigenvalue weighted by Crippen LogP contribution is 2.45. The molecule has 1 aromatic heterocycles. The third kappa shape index (κ3) is 2.25. The molecule has 0 aliphatic heterocycles. The van der Waals surface area contributed by atoms with E-state index in [0.29, 0.717) is 22.5 Å². The van der Waals surface area contributed by atoms with Crippen LogP contribution in [0.15, 0.2) is 71.1 Å². The minimum absolute atomic E-state index is 0.0112. The Morgan fingerprint density at radius 3 is 2.17 bits per heavy atom. The first-order valence-corrected chi connectivity index (χ1v) is 7.47. The summed E-state index contributed by atoms with van der Waals surface area (Å²) in [6, 6.07) is 18.9. The number of benzene rings is 3. The van der Waals surface area contributed by atoms with Gasteiger partial charge in [-0.1, -0.05) is 30.3 Å². The molecule has 0 fully saturated rings. The molecule has 4 nitrogen and oxygen atoms in total. The van der Waals surface area contributed by atoms with Gasteiger partial charge in [0.05, 0.1) is 0 Å². The Balaban J connectivity index is 2.08. The minimum atomic E-state index is -0.0389. The van der Waals surface area contributed by atoms with Gasteiger partial charge in [-0.05, 0) is 24.3 Å². The number of rotatable bonds is 2. The van der Waals surface area contributed by atoms with Crippen LogP contribution in [0.1, 0.15) is 0 Å². The second kappa shape index (κ2) is 5.35. The minimum Gasteiger partial charge on any atom is -0.508 e. The van der Waals surface area contributed by atoms with Gasteiger partial charge in [0, 0.05) is 34.2 Å². The van der Waals surface area contributed by atoms with E-state index in [4.69, 9.17) is 4.42 Å². The normalized spacial score (nSPS) is 11.0. The predicted octanol–water partition coefficient (Wildman–Crippen LogP) is 4.88. The zero-order chi connectivity index (χ0) is 16.7. The van der Waals surface area contributed by atoms with Gasteiger partial charge in [-0.25, -0.2) is 0 Å². The first-order valence-electron chi connectivity index (χ1n) is 7.47. The highest BCUT2D eigenvalue weighted by molar-refractivity contribution is 6.03. The van der Waals surface area contributed by atoms with Crippen LogP contribution in [-0.4, -0.2) is 15.3 Å². The molecule has 0 unspecified atom stereocenters. The van der Waals surface area contributed by atoms with Gasteiger partial charge in [0.2, 0.25) is 0 Å². The lowest BCUT2D eigenvalue weighted by Crippen LogP contribution is -1.82. The SMILES string of the molecule is Oc1ccc(-c2c(-c3ccccc3)oc3cc(O)ccc23)c(O)c1. The first-order chi connectivity index (χ1) is 11.6. The second-order valence-electron chi connectivity index (χ2n) is 5.55. The number of hydrogen-bond acceptors (Lipinski definition) is 4. The zero-order valence-electron chi connectivity index (χ0n) is 12.6. The molecule has 1 heterocycles. The van der Waals surface area contributed by atoms with Gasteiger partial charge < -0.3 is 19.7 Å². The first kappa shape index (κ1) is 14.2. The number of phenolic OH excluding ortho intramolecular Hbond substituents is 3. The van der Waals surface area contributed by atoms with Crippen LogP contribution in [0.25, 0.3) is 33.4 Å². The Morgan fingerprint density at radius 2 is 1.42 bits per heavy atom. The smallest absolute Gasteiger partial charge is 0.143 e. The Bertz CT molecular complexity index is 1030. The molecule has 0 amide bonds. The number of phenols is 3. The summed E-state index contributed by atoms with van der Waals surface area (Å²) in [6.07, 6.45) is 0. The van der Waals surface area contributed by atoms with Gasteiger partial charge >= 0.3 is 0 Å². The van der Waals surface area contributed by atoms with Crippen molar-refractivity contribution < 1.29 is 19.7 Å². The van der Waals surface area contributed by atoms with E-state index in [9.17, 15) is 15.3 Å². The van der Waals surface area contributed by atoms with Crippen molar-refractivity contribution in [3.8, 4) is 39.7 Å². The molecule has 0 saturated heterocycles. The molecule has 3 N–H and O–H groups in total. The monoisotopic (exact) mass is 318 g/mol. The fraction of sp³-hybridized carbons (Fsp3) is 0. The molecular formula is C20H14O4. The molecule has 0 radical (unpaired) electrons. The molecule has 0 bridgehead atoms. The molecule has 24 heavy (non-hydrogen) atoms. The van der Waals surface area contributed by atoms with Crippen LogP contribution < -0.4 is 0 Å². The summed E-state index contributed by atoms with van der Waals surface area (Å²) in [6.45, 7) is 0. The van der Waals surface area contributed by atoms with Gasteiger partial charge in [-0.15, -0.1) is 0 Å². The van der Waals surface area contributed by atoms with Crippen molar-refractivity contribution in [1.29, 1.82) is 0 Å². The van der Waals surface area contributed by atoms with Gasteiger partial charge in [0.15, 0.2) is 0 Å². The van der Waals surface area contributed by atoms with Crippen LogP contribution in [0, 0.1) is 0 Å². The molecule has 0 saturated carbocycles. The molecular weight excluding hydrogens is 304 g/mol. The molecule has 0 atom stereocenters. The topological polar surface area (TPSA) is 73.8 Å². The van der Waals surface area contributed by atoms with Crippen molar-refractivity contribution in [3.63, 3.8) is 0 Å². The fourth-order valence-corrected chi connectivity index (χ4v) is 2.88. The summed E-state index contributed by atoms with van der Waals surface area (Å²) >= 11 is 0. The maximum Gasteiger partial charge on any atom is 0.143 e. The van der Waals surface area contributed by atoms with Gasteiger partial charge in [0.25, 0.3) is 0 Å². The lowest BCUT2D eigenvalue weighted by atomic mass is 9.97. The van der Waals surface area contributed by atoms with Crippen LogP contribution in [0.2, 0.25) is 0 Å². The summed E-state index contributed by atoms with van der Waals surface area (Å²) in [7, 11) is 0. The van der Waals surface area contributed by atoms with E-state index in [1.807, 2.05) is 30.3 Å². The van der Waals surface area contributed by atoms with Crippen LogP contribution in [0.3, 0.4) is 0 Å². The van der Waals surface area contributed by atoms with Gasteiger partial charge in [0.1, 0.15) is 28.6 Å². The molecule has 0 spiro atoms. The molecule has 0 aliphatic carbocycles. The van der Waals surface area contributed by atoms with Crippen LogP contribution in [-0.2, 0) is 0 Å². The zero-order valence-corrected chi connectivity index (χ0v) is 12.6. The van der Waals surface area contributed by atoms with Gasteiger partial charge in [-0.3, -0.25) is 0 Å². The average molecular weight is 318 g/mol. The van der Waals surface area contributed by atoms with E-state index in [-0.39, 0.29) is 17.2 Å². The Kier molecular flexibility index (Phi) is 3.17. The van der Waals surface area contributed by atoms with Crippen molar-refractivity contribution in [1.82, 2.24) is 0 Å². The summed E-state index contributed by atoms with van der Waals surface area (Å²) < 4.78 is 5.97. The van der Waals surface area contributed by atoms with Crippen LogP contribution in [0.5, 0.6) is 17.2 Å². The number of hydrogen-bond donors (Lipinski definition) is 3. The van der Waals surface area contributed by atoms with Crippen molar-refractivity contribution in [3.05, 3.63) is 66.7 Å². The lowest BCUT2D eigenvalue weighted by molar-refractivity contribution is 0.452. The van der Waals surface area contributed by atoms with Crippen LogP contribution in [0.4, 0.5) is 0 Å². The molecule has 4 rings (SSSR count). The molecule has 4 aromatic rings. The van der Waals surface area contributed by atoms with E-state index >= 15 is 0 Å². The standard InChI is InChI=1S/C20H14O4/c21-13-6-8-15(17(23)10-13)19-16-9-7-14(22)11-18(16)24-20(19)12-4-2-1-3-5-12/h1-11,21-23H. The summed E-state index contributed by atoms with van der Waals surface area (Å²) in [5.41, 5.74) is 2.65. The molecule has 0 aliphatic rings. The van der Waals surface area contributed by atoms with E-state index in [1.165, 1.54) is 12.1 Å². The predicted molar refractivity (Wildman–Crippen MR) is 92.1 cm³/mol. The lowest BCUT2D eigenvalue weighted by Gasteiger charge is -2.07. The fourth-order valence-electron chi connectivity index (χ4n) is 2.88. The summed E-state index contributed by atoms with van der Waals surface area (Å²) in [5, 5.41) is 30.3. The third-order valence-electron chi connectivity index (χ3n) is 3.96. The Labute approximate surface area is 137 Å². The molecule has 118 valence electrons. The number of aromatic hydroxyl groups is 3. The van der Waals surface area contributed by atoms with Crippen molar-refractivity contribution in [2.75, 3.05) is 0 Å². The maximum absolute atomic E-state index is 10.3. The summed E-state index contributed by atoms with van der Waals surface area (Å²) in [4.78, 5) is 0. The highest BCUT2D eigenvalue weighted by atomic mass is 16.3. The van der Waals surface area contributed by atoms with Crippen molar-refractivity contribution in [2.45, 2.75) is 0 Å². The summed E-state index contributed by atoms with van der Waals surface area (Å²) in [5.74, 6) is 0.653. The third-order valence-corrected chi connectivity index (χ3v) is 3.96. The largest absolute Gasteiger partial charge is 0.508 e. The van der Waals surface area contributed by atoms with Gasteiger partial charge in [-0.2, -0.15) is 0 Å². The number of furan rings is 1. The second-order valence-corrected chi connectivity index (χ2v) is 5.55.